The fourth-order valence-corrected chi connectivity index (χ4v) is 2.93. The smallest absolute Gasteiger partial charge is 0.291 e. The minimum absolute atomic E-state index is 0.126. The Balaban J connectivity index is 1.63. The number of rotatable bonds is 5. The molecule has 0 spiro atoms. The van der Waals surface area contributed by atoms with Crippen molar-refractivity contribution in [1.29, 1.82) is 0 Å². The van der Waals surface area contributed by atoms with Crippen LogP contribution >= 0.6 is 0 Å². The Kier molecular flexibility index (Phi) is 5.50. The van der Waals surface area contributed by atoms with Crippen LogP contribution in [0.5, 0.6) is 0 Å². The Morgan fingerprint density at radius 3 is 2.88 bits per heavy atom. The molecule has 1 aliphatic rings. The highest BCUT2D eigenvalue weighted by Gasteiger charge is 2.16. The lowest BCUT2D eigenvalue weighted by molar-refractivity contribution is 0.0943. The van der Waals surface area contributed by atoms with Gasteiger partial charge in [-0.15, -0.1) is 0 Å². The van der Waals surface area contributed by atoms with Gasteiger partial charge in [-0.1, -0.05) is 6.07 Å². The van der Waals surface area contributed by atoms with E-state index in [2.05, 4.69) is 16.0 Å². The van der Waals surface area contributed by atoms with Gasteiger partial charge in [0, 0.05) is 17.8 Å². The van der Waals surface area contributed by atoms with Crippen molar-refractivity contribution in [2.45, 2.75) is 19.8 Å². The van der Waals surface area contributed by atoms with E-state index in [1.54, 1.807) is 24.3 Å². The molecule has 6 heteroatoms. The number of anilines is 1. The summed E-state index contributed by atoms with van der Waals surface area (Å²) in [7, 11) is 0. The molecule has 1 atom stereocenters. The number of benzene rings is 1. The minimum atomic E-state index is -0.334. The van der Waals surface area contributed by atoms with Gasteiger partial charge in [0.2, 0.25) is 0 Å². The third-order valence-corrected chi connectivity index (χ3v) is 4.44. The van der Waals surface area contributed by atoms with Crippen molar-refractivity contribution in [2.24, 2.45) is 5.92 Å². The van der Waals surface area contributed by atoms with Gasteiger partial charge in [-0.25, -0.2) is 0 Å². The van der Waals surface area contributed by atoms with E-state index in [0.29, 0.717) is 23.7 Å². The highest BCUT2D eigenvalue weighted by Crippen LogP contribution is 2.18. The molecule has 1 aromatic heterocycles. The first kappa shape index (κ1) is 17.2. The van der Waals surface area contributed by atoms with E-state index in [0.717, 1.165) is 31.5 Å². The molecule has 2 aromatic rings. The third kappa shape index (κ3) is 4.48. The van der Waals surface area contributed by atoms with Crippen molar-refractivity contribution in [2.75, 3.05) is 25.0 Å². The average molecular weight is 341 g/mol. The quantitative estimate of drug-likeness (QED) is 0.780. The second kappa shape index (κ2) is 7.98. The van der Waals surface area contributed by atoms with Gasteiger partial charge in [-0.05, 0) is 68.6 Å². The maximum atomic E-state index is 12.4. The number of hydrogen-bond acceptors (Lipinski definition) is 4. The van der Waals surface area contributed by atoms with Crippen molar-refractivity contribution < 1.29 is 14.0 Å². The van der Waals surface area contributed by atoms with Gasteiger partial charge >= 0.3 is 0 Å². The van der Waals surface area contributed by atoms with Crippen molar-refractivity contribution >= 4 is 17.5 Å². The van der Waals surface area contributed by atoms with Gasteiger partial charge in [0.1, 0.15) is 0 Å². The SMILES string of the molecule is Cc1ccc(C(=O)NCC2CCCNC2)cc1NC(=O)c1ccco1. The predicted octanol–water partition coefficient (Wildman–Crippen LogP) is 2.57. The van der Waals surface area contributed by atoms with E-state index in [1.807, 2.05) is 13.0 Å². The molecule has 3 N–H and O–H groups in total. The Hall–Kier alpha value is -2.60. The number of piperidine rings is 1. The van der Waals surface area contributed by atoms with Gasteiger partial charge in [0.25, 0.3) is 11.8 Å². The van der Waals surface area contributed by atoms with Crippen molar-refractivity contribution in [3.8, 4) is 0 Å². The van der Waals surface area contributed by atoms with E-state index >= 15 is 0 Å². The maximum Gasteiger partial charge on any atom is 0.291 e. The molecule has 25 heavy (non-hydrogen) atoms. The summed E-state index contributed by atoms with van der Waals surface area (Å²) in [5.74, 6) is 0.248. The van der Waals surface area contributed by atoms with E-state index in [9.17, 15) is 9.59 Å². The molecule has 2 heterocycles. The van der Waals surface area contributed by atoms with E-state index in [-0.39, 0.29) is 17.6 Å². The van der Waals surface area contributed by atoms with Crippen LogP contribution in [0.3, 0.4) is 0 Å². The molecule has 6 nitrogen and oxygen atoms in total. The van der Waals surface area contributed by atoms with E-state index in [1.165, 1.54) is 6.26 Å². The van der Waals surface area contributed by atoms with Gasteiger partial charge in [0.15, 0.2) is 5.76 Å². The number of furan rings is 1. The van der Waals surface area contributed by atoms with Crippen LogP contribution in [0.1, 0.15) is 39.3 Å². The predicted molar refractivity (Wildman–Crippen MR) is 95.8 cm³/mol. The second-order valence-corrected chi connectivity index (χ2v) is 6.38. The number of amides is 2. The molecule has 3 rings (SSSR count). The van der Waals surface area contributed by atoms with Gasteiger partial charge in [0.05, 0.1) is 6.26 Å². The molecular formula is C19H23N3O3. The first-order chi connectivity index (χ1) is 12.1. The Labute approximate surface area is 147 Å². The summed E-state index contributed by atoms with van der Waals surface area (Å²) in [5, 5.41) is 9.12. The first-order valence-corrected chi connectivity index (χ1v) is 8.58. The van der Waals surface area contributed by atoms with Crippen LogP contribution in [0.2, 0.25) is 0 Å². The molecule has 0 aliphatic carbocycles. The second-order valence-electron chi connectivity index (χ2n) is 6.38. The summed E-state index contributed by atoms with van der Waals surface area (Å²) in [6, 6.07) is 8.55. The lowest BCUT2D eigenvalue weighted by Gasteiger charge is -2.23. The topological polar surface area (TPSA) is 83.4 Å². The molecule has 132 valence electrons. The summed E-state index contributed by atoms with van der Waals surface area (Å²) in [6.45, 7) is 4.54. The number of aryl methyl sites for hydroxylation is 1. The van der Waals surface area contributed by atoms with Crippen molar-refractivity contribution in [3.63, 3.8) is 0 Å². The number of nitrogens with one attached hydrogen (secondary N) is 3. The van der Waals surface area contributed by atoms with Crippen molar-refractivity contribution in [3.05, 3.63) is 53.5 Å². The lowest BCUT2D eigenvalue weighted by Crippen LogP contribution is -2.38. The van der Waals surface area contributed by atoms with Crippen LogP contribution in [0.15, 0.2) is 41.0 Å². The zero-order valence-electron chi connectivity index (χ0n) is 14.3. The number of carbonyl (C=O) groups excluding carboxylic acids is 2. The highest BCUT2D eigenvalue weighted by atomic mass is 16.3. The van der Waals surface area contributed by atoms with Crippen LogP contribution in [0.25, 0.3) is 0 Å². The average Bonchev–Trinajstić information content (AvgIpc) is 3.17. The zero-order valence-corrected chi connectivity index (χ0v) is 14.3. The number of carbonyl (C=O) groups is 2. The van der Waals surface area contributed by atoms with Gasteiger partial charge in [-0.2, -0.15) is 0 Å². The summed E-state index contributed by atoms with van der Waals surface area (Å²) >= 11 is 0. The number of hydrogen-bond donors (Lipinski definition) is 3. The van der Waals surface area contributed by atoms with Gasteiger partial charge < -0.3 is 20.4 Å². The van der Waals surface area contributed by atoms with Crippen LogP contribution < -0.4 is 16.0 Å². The Bertz CT molecular complexity index is 734. The Morgan fingerprint density at radius 2 is 2.16 bits per heavy atom. The molecule has 1 aromatic carbocycles. The summed E-state index contributed by atoms with van der Waals surface area (Å²) in [5.41, 5.74) is 2.02. The van der Waals surface area contributed by atoms with Crippen LogP contribution in [0, 0.1) is 12.8 Å². The normalized spacial score (nSPS) is 17.1. The summed E-state index contributed by atoms with van der Waals surface area (Å²) < 4.78 is 5.09. The monoisotopic (exact) mass is 341 g/mol. The Morgan fingerprint density at radius 1 is 1.28 bits per heavy atom. The van der Waals surface area contributed by atoms with E-state index < -0.39 is 0 Å². The van der Waals surface area contributed by atoms with Crippen LogP contribution in [-0.4, -0.2) is 31.4 Å². The van der Waals surface area contributed by atoms with Crippen LogP contribution in [0.4, 0.5) is 5.69 Å². The van der Waals surface area contributed by atoms with Crippen LogP contribution in [-0.2, 0) is 0 Å². The third-order valence-electron chi connectivity index (χ3n) is 4.44. The molecule has 1 aliphatic heterocycles. The molecule has 0 saturated carbocycles. The van der Waals surface area contributed by atoms with Crippen molar-refractivity contribution in [1.82, 2.24) is 10.6 Å². The molecule has 2 amide bonds. The minimum Gasteiger partial charge on any atom is -0.459 e. The largest absolute Gasteiger partial charge is 0.459 e. The molecule has 1 saturated heterocycles. The fourth-order valence-electron chi connectivity index (χ4n) is 2.93. The lowest BCUT2D eigenvalue weighted by atomic mass is 9.99. The highest BCUT2D eigenvalue weighted by molar-refractivity contribution is 6.03. The molecule has 0 bridgehead atoms. The van der Waals surface area contributed by atoms with Gasteiger partial charge in [-0.3, -0.25) is 9.59 Å². The fraction of sp³-hybridized carbons (Fsp3) is 0.368. The van der Waals surface area contributed by atoms with E-state index in [4.69, 9.17) is 4.42 Å². The maximum absolute atomic E-state index is 12.4. The zero-order chi connectivity index (χ0) is 17.6. The molecule has 1 fully saturated rings. The first-order valence-electron chi connectivity index (χ1n) is 8.58. The summed E-state index contributed by atoms with van der Waals surface area (Å²) in [4.78, 5) is 24.5. The molecule has 0 radical (unpaired) electrons. The molecule has 1 unspecified atom stereocenters. The molecular weight excluding hydrogens is 318 g/mol. The standard InChI is InChI=1S/C19H23N3O3/c1-13-6-7-15(18(23)21-12-14-4-2-8-20-11-14)10-16(13)22-19(24)17-5-3-9-25-17/h3,5-7,9-10,14,20H,2,4,8,11-12H2,1H3,(H,21,23)(H,22,24). The summed E-state index contributed by atoms with van der Waals surface area (Å²) in [6.07, 6.45) is 3.73.